The average Bonchev–Trinajstić information content (AvgIpc) is 3.08. The maximum Gasteiger partial charge on any atom is 0.303 e. The molecule has 0 saturated heterocycles. The number of rotatable bonds is 4. The number of halogens is 2. The number of aliphatic carboxylic acids is 1. The Labute approximate surface area is 194 Å². The number of aliphatic hydroxyl groups is 1. The van der Waals surface area contributed by atoms with Gasteiger partial charge in [-0.05, 0) is 91.8 Å². The Bertz CT molecular complexity index is 624. The number of aliphatic hydroxyl groups excluding tert-OH is 1. The van der Waals surface area contributed by atoms with E-state index in [1.54, 1.807) is 0 Å². The van der Waals surface area contributed by atoms with E-state index in [0.29, 0.717) is 30.6 Å². The third kappa shape index (κ3) is 5.03. The Kier molecular flexibility index (Phi) is 9.20. The van der Waals surface area contributed by atoms with Gasteiger partial charge in [0.2, 0.25) is 5.92 Å². The van der Waals surface area contributed by atoms with Gasteiger partial charge in [0, 0.05) is 19.3 Å². The van der Waals surface area contributed by atoms with Gasteiger partial charge in [-0.2, -0.15) is 0 Å². The summed E-state index contributed by atoms with van der Waals surface area (Å²) < 4.78 is 28.2. The standard InChI is InChI=1S/C23H36F2O3.2C2H6/c1-21-9-8-17-20(16(21)7-6-14(21)4-3-5-19(27)28)18(26)12-15-13-23(24,25)11-10-22(15,17)2;2*1-2/h14-18,20,26H,3-13H2,1-2H3,(H,27,28);2*1-2H3/t14?,15?,16?,17-,18+,20?,21?,22?;;/m0../s1. The summed E-state index contributed by atoms with van der Waals surface area (Å²) in [7, 11) is 0. The van der Waals surface area contributed by atoms with Crippen LogP contribution >= 0.6 is 0 Å². The van der Waals surface area contributed by atoms with Crippen molar-refractivity contribution >= 4 is 5.97 Å². The van der Waals surface area contributed by atoms with Crippen LogP contribution in [0.25, 0.3) is 0 Å². The predicted molar refractivity (Wildman–Crippen MR) is 126 cm³/mol. The molecule has 32 heavy (non-hydrogen) atoms. The van der Waals surface area contributed by atoms with Crippen molar-refractivity contribution in [2.24, 2.45) is 40.4 Å². The Morgan fingerprint density at radius 1 is 0.938 bits per heavy atom. The quantitative estimate of drug-likeness (QED) is 0.457. The van der Waals surface area contributed by atoms with Crippen LogP contribution in [0.15, 0.2) is 0 Å². The highest BCUT2D eigenvalue weighted by molar-refractivity contribution is 5.66. The molecule has 0 bridgehead atoms. The van der Waals surface area contributed by atoms with Crippen LogP contribution in [0.3, 0.4) is 0 Å². The third-order valence-electron chi connectivity index (χ3n) is 9.80. The molecular weight excluding hydrogens is 410 g/mol. The molecule has 188 valence electrons. The van der Waals surface area contributed by atoms with Gasteiger partial charge >= 0.3 is 5.97 Å². The van der Waals surface area contributed by atoms with Crippen molar-refractivity contribution in [1.29, 1.82) is 0 Å². The fraction of sp³-hybridized carbons (Fsp3) is 0.963. The molecule has 4 aliphatic rings. The van der Waals surface area contributed by atoms with Crippen molar-refractivity contribution in [3.8, 4) is 0 Å². The SMILES string of the molecule is CC.CC.CC12CC[C@H]3C(C1CCC2CCCC(=O)O)[C@H](O)CC1CC(F)(F)CCC13C. The summed E-state index contributed by atoms with van der Waals surface area (Å²) in [6.07, 6.45) is 6.88. The lowest BCUT2D eigenvalue weighted by Crippen LogP contribution is -2.59. The van der Waals surface area contributed by atoms with Gasteiger partial charge in [-0.15, -0.1) is 0 Å². The largest absolute Gasteiger partial charge is 0.481 e. The van der Waals surface area contributed by atoms with Gasteiger partial charge in [0.1, 0.15) is 0 Å². The van der Waals surface area contributed by atoms with Crippen molar-refractivity contribution in [3.05, 3.63) is 0 Å². The van der Waals surface area contributed by atoms with E-state index in [0.717, 1.165) is 38.5 Å². The number of alkyl halides is 2. The molecule has 2 N–H and O–H groups in total. The van der Waals surface area contributed by atoms with Gasteiger partial charge in [-0.3, -0.25) is 4.79 Å². The fourth-order valence-corrected chi connectivity index (χ4v) is 8.22. The van der Waals surface area contributed by atoms with Crippen LogP contribution in [0.5, 0.6) is 0 Å². The first-order valence-electron chi connectivity index (χ1n) is 13.3. The summed E-state index contributed by atoms with van der Waals surface area (Å²) in [5.41, 5.74) is 0.108. The van der Waals surface area contributed by atoms with E-state index >= 15 is 0 Å². The van der Waals surface area contributed by atoms with Gasteiger partial charge in [0.05, 0.1) is 6.10 Å². The van der Waals surface area contributed by atoms with Crippen molar-refractivity contribution in [2.45, 2.75) is 124 Å². The molecule has 8 atom stereocenters. The molecule has 3 nitrogen and oxygen atoms in total. The molecule has 0 aromatic carbocycles. The fourth-order valence-electron chi connectivity index (χ4n) is 8.22. The van der Waals surface area contributed by atoms with E-state index in [1.165, 1.54) is 0 Å². The van der Waals surface area contributed by atoms with Gasteiger partial charge in [-0.1, -0.05) is 41.5 Å². The van der Waals surface area contributed by atoms with E-state index in [9.17, 15) is 18.7 Å². The first-order chi connectivity index (χ1) is 15.1. The van der Waals surface area contributed by atoms with Gasteiger partial charge in [0.15, 0.2) is 0 Å². The Hall–Kier alpha value is -0.710. The summed E-state index contributed by atoms with van der Waals surface area (Å²) in [6, 6.07) is 0. The highest BCUT2D eigenvalue weighted by Gasteiger charge is 2.63. The normalized spacial score (nSPS) is 43.9. The zero-order valence-electron chi connectivity index (χ0n) is 21.3. The molecular formula is C27H48F2O3. The second-order valence-electron chi connectivity index (χ2n) is 11.0. The first kappa shape index (κ1) is 27.5. The summed E-state index contributed by atoms with van der Waals surface area (Å²) >= 11 is 0. The molecule has 4 aliphatic carbocycles. The van der Waals surface area contributed by atoms with Gasteiger partial charge in [-0.25, -0.2) is 8.78 Å². The lowest BCUT2D eigenvalue weighted by atomic mass is 9.44. The minimum absolute atomic E-state index is 0.000929. The molecule has 0 spiro atoms. The molecule has 4 saturated carbocycles. The minimum Gasteiger partial charge on any atom is -0.481 e. The van der Waals surface area contributed by atoms with E-state index in [2.05, 4.69) is 13.8 Å². The Morgan fingerprint density at radius 2 is 1.56 bits per heavy atom. The number of carbonyl (C=O) groups is 1. The van der Waals surface area contributed by atoms with Crippen LogP contribution in [-0.2, 0) is 4.79 Å². The van der Waals surface area contributed by atoms with E-state index < -0.39 is 18.0 Å². The molecule has 0 aliphatic heterocycles. The number of carboxylic acids is 1. The number of carboxylic acid groups (broad SMARTS) is 1. The monoisotopic (exact) mass is 458 g/mol. The number of fused-ring (bicyclic) bond motifs is 5. The van der Waals surface area contributed by atoms with Crippen molar-refractivity contribution in [2.75, 3.05) is 0 Å². The smallest absolute Gasteiger partial charge is 0.303 e. The summed E-state index contributed by atoms with van der Waals surface area (Å²) in [5, 5.41) is 20.1. The second-order valence-corrected chi connectivity index (χ2v) is 11.0. The van der Waals surface area contributed by atoms with Crippen LogP contribution in [0.1, 0.15) is 112 Å². The summed E-state index contributed by atoms with van der Waals surface area (Å²) in [6.45, 7) is 12.6. The summed E-state index contributed by atoms with van der Waals surface area (Å²) in [5.74, 6) is -1.78. The van der Waals surface area contributed by atoms with Crippen molar-refractivity contribution < 1.29 is 23.8 Å². The number of hydrogen-bond donors (Lipinski definition) is 2. The molecule has 5 heteroatoms. The highest BCUT2D eigenvalue weighted by Crippen LogP contribution is 2.68. The molecule has 0 amide bonds. The minimum atomic E-state index is -2.57. The van der Waals surface area contributed by atoms with Crippen LogP contribution < -0.4 is 0 Å². The lowest BCUT2D eigenvalue weighted by Gasteiger charge is -2.62. The number of hydrogen-bond acceptors (Lipinski definition) is 2. The molecule has 0 aromatic heterocycles. The van der Waals surface area contributed by atoms with Gasteiger partial charge < -0.3 is 10.2 Å². The van der Waals surface area contributed by atoms with Crippen molar-refractivity contribution in [1.82, 2.24) is 0 Å². The van der Waals surface area contributed by atoms with Crippen LogP contribution in [0.2, 0.25) is 0 Å². The Morgan fingerprint density at radius 3 is 2.19 bits per heavy atom. The molecule has 4 fully saturated rings. The Balaban J connectivity index is 0.000000860. The second kappa shape index (κ2) is 10.7. The topological polar surface area (TPSA) is 57.5 Å². The zero-order chi connectivity index (χ0) is 24.3. The zero-order valence-corrected chi connectivity index (χ0v) is 21.3. The first-order valence-corrected chi connectivity index (χ1v) is 13.3. The van der Waals surface area contributed by atoms with Crippen molar-refractivity contribution in [3.63, 3.8) is 0 Å². The molecule has 0 aromatic rings. The lowest BCUT2D eigenvalue weighted by molar-refractivity contribution is -0.195. The van der Waals surface area contributed by atoms with Gasteiger partial charge in [0.25, 0.3) is 0 Å². The van der Waals surface area contributed by atoms with Crippen LogP contribution in [0, 0.1) is 40.4 Å². The van der Waals surface area contributed by atoms with Crippen LogP contribution in [-0.4, -0.2) is 28.2 Å². The maximum atomic E-state index is 14.1. The molecule has 0 heterocycles. The maximum absolute atomic E-state index is 14.1. The van der Waals surface area contributed by atoms with E-state index in [-0.39, 0.29) is 41.9 Å². The third-order valence-corrected chi connectivity index (χ3v) is 9.80. The highest BCUT2D eigenvalue weighted by atomic mass is 19.3. The molecule has 0 radical (unpaired) electrons. The molecule has 6 unspecified atom stereocenters. The van der Waals surface area contributed by atoms with E-state index in [4.69, 9.17) is 5.11 Å². The molecule has 4 rings (SSSR count). The summed E-state index contributed by atoms with van der Waals surface area (Å²) in [4.78, 5) is 10.9. The van der Waals surface area contributed by atoms with Crippen LogP contribution in [0.4, 0.5) is 8.78 Å². The predicted octanol–water partition coefficient (Wildman–Crippen LogP) is 7.56. The van der Waals surface area contributed by atoms with E-state index in [1.807, 2.05) is 27.7 Å². The average molecular weight is 459 g/mol.